The molecule has 0 aliphatic carbocycles. The molecule has 17 aromatic rings. The highest BCUT2D eigenvalue weighted by atomic mass is 28.3. The summed E-state index contributed by atoms with van der Waals surface area (Å²) in [6, 6.07) is 114. The van der Waals surface area contributed by atoms with E-state index in [2.05, 4.69) is 312 Å². The SMILES string of the molecule is c1ccc(-c2ccc3c(c2)c2cc(-c4ccccc4)cc4c5c(-c6cccc([Si](c7ccccc7)(c7ccccc7)c7ccccc7)c6)c6c(cc5n3c24)c2cc(-c3ccccc3)cc3c4cc(-c5ccccc5)ccc4n6c32)cc1. The second-order valence-electron chi connectivity index (χ2n) is 21.9. The van der Waals surface area contributed by atoms with Crippen LogP contribution in [0.15, 0.2) is 303 Å². The van der Waals surface area contributed by atoms with Gasteiger partial charge in [0.2, 0.25) is 0 Å². The topological polar surface area (TPSA) is 8.82 Å². The number of hydrogen-bond acceptors (Lipinski definition) is 0. The zero-order valence-electron chi connectivity index (χ0n) is 44.3. The molecule has 0 radical (unpaired) electrons. The number of nitrogens with zero attached hydrogens (tertiary/aromatic N) is 2. The van der Waals surface area contributed by atoms with Gasteiger partial charge < -0.3 is 8.80 Å². The Bertz CT molecular complexity index is 5120. The van der Waals surface area contributed by atoms with E-state index in [4.69, 9.17) is 0 Å². The van der Waals surface area contributed by atoms with E-state index in [1.165, 1.54) is 153 Å². The van der Waals surface area contributed by atoms with Gasteiger partial charge in [-0.15, -0.1) is 0 Å². The Kier molecular flexibility index (Phi) is 10.1. The van der Waals surface area contributed by atoms with Gasteiger partial charge in [0.1, 0.15) is 0 Å². The van der Waals surface area contributed by atoms with E-state index in [0.29, 0.717) is 0 Å². The molecule has 0 amide bonds. The number of hydrogen-bond donors (Lipinski definition) is 0. The lowest BCUT2D eigenvalue weighted by atomic mass is 9.92. The third kappa shape index (κ3) is 6.74. The summed E-state index contributed by atoms with van der Waals surface area (Å²) in [6.45, 7) is 0. The third-order valence-electron chi connectivity index (χ3n) is 17.7. The van der Waals surface area contributed by atoms with Crippen molar-refractivity contribution in [3.63, 3.8) is 0 Å². The number of fused-ring (bicyclic) bond motifs is 12. The van der Waals surface area contributed by atoms with Gasteiger partial charge in [-0.2, -0.15) is 0 Å². The third-order valence-corrected chi connectivity index (χ3v) is 22.4. The van der Waals surface area contributed by atoms with Crippen LogP contribution < -0.4 is 20.7 Å². The molecule has 0 atom stereocenters. The van der Waals surface area contributed by atoms with Crippen molar-refractivity contribution in [1.29, 1.82) is 0 Å². The molecule has 4 heterocycles. The van der Waals surface area contributed by atoms with E-state index >= 15 is 0 Å². The van der Waals surface area contributed by atoms with Crippen molar-refractivity contribution in [1.82, 2.24) is 8.80 Å². The van der Waals surface area contributed by atoms with Crippen LogP contribution in [0.5, 0.6) is 0 Å². The van der Waals surface area contributed by atoms with Gasteiger partial charge in [-0.05, 0) is 125 Å². The zero-order valence-corrected chi connectivity index (χ0v) is 45.3. The molecule has 4 aromatic heterocycles. The summed E-state index contributed by atoms with van der Waals surface area (Å²) < 4.78 is 5.26. The highest BCUT2D eigenvalue weighted by Crippen LogP contribution is 2.52. The molecule has 0 fully saturated rings. The Morgan fingerprint density at radius 2 is 0.543 bits per heavy atom. The molecular weight excluding hydrogens is 993 g/mol. The average molecular weight is 1040 g/mol. The lowest BCUT2D eigenvalue weighted by Gasteiger charge is -2.34. The smallest absolute Gasteiger partial charge is 0.179 e. The predicted octanol–water partition coefficient (Wildman–Crippen LogP) is 17.7. The second kappa shape index (κ2) is 17.9. The number of benzene rings is 13. The lowest BCUT2D eigenvalue weighted by Crippen LogP contribution is -2.74. The summed E-state index contributed by atoms with van der Waals surface area (Å²) in [4.78, 5) is 0. The Labute approximate surface area is 470 Å². The molecule has 2 nitrogen and oxygen atoms in total. The number of rotatable bonds is 9. The largest absolute Gasteiger partial charge is 0.308 e. The summed E-state index contributed by atoms with van der Waals surface area (Å²) in [5.41, 5.74) is 19.5. The fraction of sp³-hybridized carbons (Fsp3) is 0. The minimum absolute atomic E-state index is 1.20. The first-order valence-corrected chi connectivity index (χ1v) is 30.2. The normalized spacial score (nSPS) is 12.2. The first-order valence-electron chi connectivity index (χ1n) is 28.2. The van der Waals surface area contributed by atoms with E-state index in [1.807, 2.05) is 0 Å². The minimum atomic E-state index is -2.98. The molecule has 0 N–H and O–H groups in total. The number of aromatic nitrogens is 2. The zero-order chi connectivity index (χ0) is 53.2. The van der Waals surface area contributed by atoms with E-state index in [1.54, 1.807) is 0 Å². The van der Waals surface area contributed by atoms with Gasteiger partial charge in [0.05, 0.1) is 33.1 Å². The first-order chi connectivity index (χ1) is 40.2. The maximum atomic E-state index is 2.65. The molecule has 0 saturated carbocycles. The minimum Gasteiger partial charge on any atom is -0.308 e. The van der Waals surface area contributed by atoms with E-state index in [-0.39, 0.29) is 0 Å². The van der Waals surface area contributed by atoms with Crippen LogP contribution in [0.3, 0.4) is 0 Å². The quantitative estimate of drug-likeness (QED) is 0.101. The Morgan fingerprint density at radius 3 is 1.01 bits per heavy atom. The fourth-order valence-corrected chi connectivity index (χ4v) is 19.0. The maximum Gasteiger partial charge on any atom is 0.179 e. The average Bonchev–Trinajstić information content (AvgIpc) is 2.20. The summed E-state index contributed by atoms with van der Waals surface area (Å²) in [6.07, 6.45) is 0. The van der Waals surface area contributed by atoms with Gasteiger partial charge in [-0.1, -0.05) is 249 Å². The Balaban J connectivity index is 1.08. The van der Waals surface area contributed by atoms with E-state index < -0.39 is 8.07 Å². The standard InChI is InChI=1S/C78H50N2Si/c1-8-23-51(24-9-1)55-39-41-71-64(44-55)67-47-59(54-29-14-4-15-30-54)49-70-75-73(79(71)77(67)70)50-69-68-48-58(53-27-12-3-13-28-53)46-66-65-45-56(52-25-10-2-11-26-52)40-42-72(65)80(76(66)68)78(69)74(75)57-31-22-38-63(43-57)81(60-32-16-5-17-33-60,61-34-18-6-19-35-61)62-36-20-7-21-37-62/h1-50H. The van der Waals surface area contributed by atoms with Crippen LogP contribution >= 0.6 is 0 Å². The van der Waals surface area contributed by atoms with Crippen molar-refractivity contribution >= 4 is 105 Å². The monoisotopic (exact) mass is 1040 g/mol. The van der Waals surface area contributed by atoms with Crippen molar-refractivity contribution in [2.45, 2.75) is 0 Å². The van der Waals surface area contributed by atoms with Crippen LogP contribution in [0, 0.1) is 0 Å². The van der Waals surface area contributed by atoms with Crippen LogP contribution in [0.2, 0.25) is 0 Å². The highest BCUT2D eigenvalue weighted by Gasteiger charge is 2.42. The lowest BCUT2D eigenvalue weighted by molar-refractivity contribution is 1.36. The van der Waals surface area contributed by atoms with Gasteiger partial charge in [-0.3, -0.25) is 0 Å². The van der Waals surface area contributed by atoms with Crippen LogP contribution in [-0.2, 0) is 0 Å². The van der Waals surface area contributed by atoms with Crippen molar-refractivity contribution in [2.75, 3.05) is 0 Å². The van der Waals surface area contributed by atoms with Crippen molar-refractivity contribution in [3.05, 3.63) is 303 Å². The molecule has 81 heavy (non-hydrogen) atoms. The Morgan fingerprint density at radius 1 is 0.198 bits per heavy atom. The molecule has 0 aliphatic rings. The summed E-state index contributed by atoms with van der Waals surface area (Å²) in [5.74, 6) is 0. The molecule has 17 rings (SSSR count). The first kappa shape index (κ1) is 45.7. The van der Waals surface area contributed by atoms with Gasteiger partial charge in [0.15, 0.2) is 8.07 Å². The Hall–Kier alpha value is -10.3. The fourth-order valence-electron chi connectivity index (χ4n) is 14.2. The molecule has 0 saturated heterocycles. The van der Waals surface area contributed by atoms with Gasteiger partial charge in [-0.25, -0.2) is 0 Å². The van der Waals surface area contributed by atoms with E-state index in [9.17, 15) is 0 Å². The van der Waals surface area contributed by atoms with Crippen LogP contribution in [-0.4, -0.2) is 16.9 Å². The molecular formula is C78H50N2Si. The second-order valence-corrected chi connectivity index (χ2v) is 25.7. The van der Waals surface area contributed by atoms with Crippen molar-refractivity contribution in [2.24, 2.45) is 0 Å². The predicted molar refractivity (Wildman–Crippen MR) is 347 cm³/mol. The van der Waals surface area contributed by atoms with Crippen LogP contribution in [0.25, 0.3) is 132 Å². The van der Waals surface area contributed by atoms with E-state index in [0.717, 1.165) is 0 Å². The molecule has 0 unspecified atom stereocenters. The van der Waals surface area contributed by atoms with Gasteiger partial charge in [0.25, 0.3) is 0 Å². The molecule has 0 spiro atoms. The molecule has 3 heteroatoms. The molecule has 376 valence electrons. The summed E-state index contributed by atoms with van der Waals surface area (Å²) >= 11 is 0. The van der Waals surface area contributed by atoms with Gasteiger partial charge in [0, 0.05) is 48.7 Å². The molecule has 13 aromatic carbocycles. The van der Waals surface area contributed by atoms with Crippen LogP contribution in [0.4, 0.5) is 0 Å². The van der Waals surface area contributed by atoms with Crippen LogP contribution in [0.1, 0.15) is 0 Å². The van der Waals surface area contributed by atoms with Crippen molar-refractivity contribution < 1.29 is 0 Å². The summed E-state index contributed by atoms with van der Waals surface area (Å²) in [5, 5.41) is 15.4. The highest BCUT2D eigenvalue weighted by molar-refractivity contribution is 7.20. The molecule has 0 aliphatic heterocycles. The molecule has 0 bridgehead atoms. The van der Waals surface area contributed by atoms with Gasteiger partial charge >= 0.3 is 0 Å². The maximum absolute atomic E-state index is 2.98. The van der Waals surface area contributed by atoms with Crippen molar-refractivity contribution in [3.8, 4) is 55.6 Å². The summed E-state index contributed by atoms with van der Waals surface area (Å²) in [7, 11) is -2.98.